The van der Waals surface area contributed by atoms with Crippen LogP contribution in [0.5, 0.6) is 5.88 Å². The molecule has 2 heterocycles. The van der Waals surface area contributed by atoms with Gasteiger partial charge in [0.15, 0.2) is 6.61 Å². The molecule has 28 heavy (non-hydrogen) atoms. The van der Waals surface area contributed by atoms with Crippen molar-refractivity contribution in [1.29, 1.82) is 5.26 Å². The fourth-order valence-corrected chi connectivity index (χ4v) is 4.50. The highest BCUT2D eigenvalue weighted by molar-refractivity contribution is 7.16. The summed E-state index contributed by atoms with van der Waals surface area (Å²) in [6, 6.07) is 5.32. The highest BCUT2D eigenvalue weighted by Crippen LogP contribution is 2.39. The number of anilines is 1. The number of hydrogen-bond acceptors (Lipinski definition) is 7. The molecule has 2 aromatic rings. The summed E-state index contributed by atoms with van der Waals surface area (Å²) in [6.07, 6.45) is 4.32. The fraction of sp³-hybridized carbons (Fsp3) is 0.400. The third kappa shape index (κ3) is 4.31. The second-order valence-electron chi connectivity index (χ2n) is 6.58. The highest BCUT2D eigenvalue weighted by Gasteiger charge is 2.25. The molecular formula is C20H21N3O4S. The Morgan fingerprint density at radius 1 is 1.46 bits per heavy atom. The van der Waals surface area contributed by atoms with Gasteiger partial charge in [0.1, 0.15) is 16.6 Å². The number of aromatic nitrogens is 1. The number of nitrogens with one attached hydrogen (secondary N) is 1. The van der Waals surface area contributed by atoms with E-state index in [-0.39, 0.29) is 11.4 Å². The molecule has 2 aromatic heterocycles. The number of hydrogen-bond donors (Lipinski definition) is 1. The number of amides is 1. The van der Waals surface area contributed by atoms with Crippen molar-refractivity contribution in [3.05, 3.63) is 39.9 Å². The van der Waals surface area contributed by atoms with Gasteiger partial charge in [0.25, 0.3) is 5.91 Å². The van der Waals surface area contributed by atoms with Gasteiger partial charge in [0.05, 0.1) is 12.2 Å². The molecule has 146 valence electrons. The number of nitrogens with zero attached hydrogens (tertiary/aromatic N) is 2. The van der Waals surface area contributed by atoms with Crippen LogP contribution in [0.3, 0.4) is 0 Å². The van der Waals surface area contributed by atoms with Gasteiger partial charge in [-0.25, -0.2) is 9.78 Å². The highest BCUT2D eigenvalue weighted by atomic mass is 32.1. The molecule has 0 radical (unpaired) electrons. The van der Waals surface area contributed by atoms with E-state index in [9.17, 15) is 14.9 Å². The second-order valence-corrected chi connectivity index (χ2v) is 7.69. The molecule has 1 aliphatic rings. The Hall–Kier alpha value is -2.92. The number of carbonyl (C=O) groups excluding carboxylic acids is 2. The molecule has 0 aromatic carbocycles. The molecule has 1 atom stereocenters. The first-order valence-electron chi connectivity index (χ1n) is 9.12. The predicted octanol–water partition coefficient (Wildman–Crippen LogP) is 3.33. The first-order valence-corrected chi connectivity index (χ1v) is 9.94. The molecule has 1 N–H and O–H groups in total. The minimum atomic E-state index is -0.688. The molecule has 0 saturated heterocycles. The predicted molar refractivity (Wildman–Crippen MR) is 105 cm³/mol. The first-order chi connectivity index (χ1) is 13.5. The molecule has 8 heteroatoms. The van der Waals surface area contributed by atoms with Crippen LogP contribution >= 0.6 is 11.3 Å². The molecule has 0 bridgehead atoms. The van der Waals surface area contributed by atoms with Crippen molar-refractivity contribution in [2.24, 2.45) is 5.92 Å². The normalized spacial score (nSPS) is 15.2. The molecule has 3 rings (SSSR count). The standard InChI is InChI=1S/C20H21N3O4S/c1-3-26-18-14(5-4-8-22-18)20(25)27-11-17(24)23-19-15(10-21)13-7-6-12(2)9-16(13)28-19/h4-5,8,12H,3,6-7,9,11H2,1-2H3,(H,23,24). The molecule has 7 nitrogen and oxygen atoms in total. The van der Waals surface area contributed by atoms with Crippen LogP contribution in [0.2, 0.25) is 0 Å². The number of thiophene rings is 1. The van der Waals surface area contributed by atoms with Gasteiger partial charge < -0.3 is 14.8 Å². The molecule has 1 aliphatic carbocycles. The zero-order chi connectivity index (χ0) is 20.1. The summed E-state index contributed by atoms with van der Waals surface area (Å²) in [5.74, 6) is -0.437. The molecule has 0 fully saturated rings. The van der Waals surface area contributed by atoms with E-state index in [0.29, 0.717) is 23.1 Å². The van der Waals surface area contributed by atoms with Crippen LogP contribution in [-0.4, -0.2) is 30.1 Å². The van der Waals surface area contributed by atoms with E-state index in [0.717, 1.165) is 29.7 Å². The summed E-state index contributed by atoms with van der Waals surface area (Å²) in [5, 5.41) is 12.7. The number of esters is 1. The lowest BCUT2D eigenvalue weighted by Crippen LogP contribution is -2.21. The van der Waals surface area contributed by atoms with Crippen LogP contribution in [0.4, 0.5) is 5.00 Å². The molecule has 0 saturated carbocycles. The number of nitriles is 1. The Bertz CT molecular complexity index is 932. The minimum Gasteiger partial charge on any atom is -0.477 e. The van der Waals surface area contributed by atoms with Crippen molar-refractivity contribution in [3.8, 4) is 11.9 Å². The zero-order valence-corrected chi connectivity index (χ0v) is 16.6. The van der Waals surface area contributed by atoms with Crippen LogP contribution in [-0.2, 0) is 22.4 Å². The summed E-state index contributed by atoms with van der Waals surface area (Å²) in [7, 11) is 0. The summed E-state index contributed by atoms with van der Waals surface area (Å²) in [5.41, 5.74) is 1.72. The second kappa shape index (κ2) is 8.85. The van der Waals surface area contributed by atoms with E-state index in [2.05, 4.69) is 23.3 Å². The lowest BCUT2D eigenvalue weighted by molar-refractivity contribution is -0.119. The molecule has 1 amide bonds. The number of ether oxygens (including phenoxy) is 2. The van der Waals surface area contributed by atoms with Crippen LogP contribution < -0.4 is 10.1 Å². The van der Waals surface area contributed by atoms with Crippen molar-refractivity contribution < 1.29 is 19.1 Å². The maximum atomic E-state index is 12.3. The number of rotatable bonds is 6. The van der Waals surface area contributed by atoms with Crippen LogP contribution in [0.15, 0.2) is 18.3 Å². The van der Waals surface area contributed by atoms with Crippen LogP contribution in [0, 0.1) is 17.2 Å². The molecule has 0 spiro atoms. The van der Waals surface area contributed by atoms with Crippen molar-refractivity contribution in [2.75, 3.05) is 18.5 Å². The maximum Gasteiger partial charge on any atom is 0.344 e. The van der Waals surface area contributed by atoms with E-state index in [1.165, 1.54) is 23.6 Å². The van der Waals surface area contributed by atoms with E-state index < -0.39 is 18.5 Å². The topological polar surface area (TPSA) is 101 Å². The minimum absolute atomic E-state index is 0.162. The van der Waals surface area contributed by atoms with Gasteiger partial charge in [0.2, 0.25) is 5.88 Å². The van der Waals surface area contributed by atoms with Crippen LogP contribution in [0.25, 0.3) is 0 Å². The van der Waals surface area contributed by atoms with Gasteiger partial charge >= 0.3 is 5.97 Å². The Morgan fingerprint density at radius 2 is 2.29 bits per heavy atom. The van der Waals surface area contributed by atoms with Crippen molar-refractivity contribution in [2.45, 2.75) is 33.1 Å². The number of fused-ring (bicyclic) bond motifs is 1. The lowest BCUT2D eigenvalue weighted by Gasteiger charge is -2.17. The third-order valence-electron chi connectivity index (χ3n) is 4.48. The molecule has 1 unspecified atom stereocenters. The van der Waals surface area contributed by atoms with Gasteiger partial charge in [-0.05, 0) is 49.8 Å². The monoisotopic (exact) mass is 399 g/mol. The lowest BCUT2D eigenvalue weighted by atomic mass is 9.89. The zero-order valence-electron chi connectivity index (χ0n) is 15.8. The molecular weight excluding hydrogens is 378 g/mol. The van der Waals surface area contributed by atoms with E-state index in [1.807, 2.05) is 0 Å². The number of pyridine rings is 1. The Kier molecular flexibility index (Phi) is 6.26. The van der Waals surface area contributed by atoms with E-state index in [4.69, 9.17) is 9.47 Å². The SMILES string of the molecule is CCOc1ncccc1C(=O)OCC(=O)Nc1sc2c(c1C#N)CCC(C)C2. The van der Waals surface area contributed by atoms with Gasteiger partial charge in [-0.2, -0.15) is 5.26 Å². The summed E-state index contributed by atoms with van der Waals surface area (Å²) < 4.78 is 10.4. The third-order valence-corrected chi connectivity index (χ3v) is 5.65. The van der Waals surface area contributed by atoms with Gasteiger partial charge in [-0.3, -0.25) is 4.79 Å². The number of carbonyl (C=O) groups is 2. The van der Waals surface area contributed by atoms with Crippen molar-refractivity contribution in [3.63, 3.8) is 0 Å². The summed E-state index contributed by atoms with van der Waals surface area (Å²) in [6.45, 7) is 3.87. The van der Waals surface area contributed by atoms with E-state index in [1.54, 1.807) is 13.0 Å². The van der Waals surface area contributed by atoms with Gasteiger partial charge in [0, 0.05) is 11.1 Å². The van der Waals surface area contributed by atoms with Crippen molar-refractivity contribution in [1.82, 2.24) is 4.98 Å². The smallest absolute Gasteiger partial charge is 0.344 e. The average molecular weight is 399 g/mol. The largest absolute Gasteiger partial charge is 0.477 e. The summed E-state index contributed by atoms with van der Waals surface area (Å²) in [4.78, 5) is 29.7. The maximum absolute atomic E-state index is 12.3. The van der Waals surface area contributed by atoms with Gasteiger partial charge in [-0.1, -0.05) is 6.92 Å². The van der Waals surface area contributed by atoms with E-state index >= 15 is 0 Å². The van der Waals surface area contributed by atoms with Crippen molar-refractivity contribution >= 4 is 28.2 Å². The van der Waals surface area contributed by atoms with Gasteiger partial charge in [-0.15, -0.1) is 11.3 Å². The summed E-state index contributed by atoms with van der Waals surface area (Å²) >= 11 is 1.43. The average Bonchev–Trinajstić information content (AvgIpc) is 3.02. The Balaban J connectivity index is 1.64. The van der Waals surface area contributed by atoms with Crippen LogP contribution in [0.1, 0.15) is 46.6 Å². The quantitative estimate of drug-likeness (QED) is 0.748. The first kappa shape index (κ1) is 19.8. The fourth-order valence-electron chi connectivity index (χ4n) is 3.13. The Labute approximate surface area is 167 Å². The molecule has 0 aliphatic heterocycles. The Morgan fingerprint density at radius 3 is 3.04 bits per heavy atom.